The van der Waals surface area contributed by atoms with E-state index >= 15 is 0 Å². The number of benzene rings is 2. The average Bonchev–Trinajstić information content (AvgIpc) is 3.66. The number of nitrogens with zero attached hydrogens (tertiary/aromatic N) is 3. The van der Waals surface area contributed by atoms with Crippen molar-refractivity contribution in [3.05, 3.63) is 70.4 Å². The first-order chi connectivity index (χ1) is 16.5. The Kier molecular flexibility index (Phi) is 7.01. The molecule has 0 atom stereocenters. The molecule has 1 fully saturated rings. The molecule has 2 aromatic carbocycles. The second kappa shape index (κ2) is 10.3. The van der Waals surface area contributed by atoms with Crippen LogP contribution in [0.3, 0.4) is 0 Å². The molecule has 1 N–H and O–H groups in total. The van der Waals surface area contributed by atoms with Gasteiger partial charge in [0.2, 0.25) is 11.7 Å². The van der Waals surface area contributed by atoms with Gasteiger partial charge in [-0.25, -0.2) is 14.0 Å². The van der Waals surface area contributed by atoms with Crippen LogP contribution in [0.4, 0.5) is 0 Å². The van der Waals surface area contributed by atoms with Gasteiger partial charge in [-0.1, -0.05) is 18.2 Å². The molecule has 1 saturated carbocycles. The van der Waals surface area contributed by atoms with Crippen LogP contribution in [0, 0.1) is 0 Å². The van der Waals surface area contributed by atoms with E-state index < -0.39 is 0 Å². The highest BCUT2D eigenvalue weighted by atomic mass is 16.5. The largest absolute Gasteiger partial charge is 0.493 e. The zero-order valence-corrected chi connectivity index (χ0v) is 19.5. The molecule has 9 heteroatoms. The highest BCUT2D eigenvalue weighted by Crippen LogP contribution is 2.39. The van der Waals surface area contributed by atoms with E-state index in [1.54, 1.807) is 22.8 Å². The minimum Gasteiger partial charge on any atom is -0.493 e. The quantitative estimate of drug-likeness (QED) is 0.464. The number of carbonyl (C=O) groups excluding carboxylic acids is 1. The summed E-state index contributed by atoms with van der Waals surface area (Å²) in [5.41, 5.74) is 1.32. The molecule has 4 rings (SSSR count). The standard InChI is InChI=1S/C25H28N4O5/c1-32-20-15-17(16-21(33-2)23(20)34-3)9-12-22(30)26-13-14-28-25(31)29(19-7-5-4-6-8-19)24(27-28)18-10-11-18/h4-9,12,15-16,18H,10-11,13-14H2,1-3H3,(H,26,30)/b12-9+. The van der Waals surface area contributed by atoms with Gasteiger partial charge in [0.05, 0.1) is 33.6 Å². The fourth-order valence-electron chi connectivity index (χ4n) is 3.71. The SMILES string of the molecule is COc1cc(/C=C/C(=O)NCCn2nc(C3CC3)n(-c3ccccc3)c2=O)cc(OC)c1OC. The van der Waals surface area contributed by atoms with Crippen molar-refractivity contribution in [1.82, 2.24) is 19.7 Å². The normalized spacial score (nSPS) is 13.1. The molecule has 0 bridgehead atoms. The van der Waals surface area contributed by atoms with Gasteiger partial charge in [0.25, 0.3) is 0 Å². The number of methoxy groups -OCH3 is 3. The van der Waals surface area contributed by atoms with Crippen molar-refractivity contribution in [1.29, 1.82) is 0 Å². The average molecular weight is 465 g/mol. The lowest BCUT2D eigenvalue weighted by Gasteiger charge is -2.12. The molecule has 1 aliphatic carbocycles. The van der Waals surface area contributed by atoms with Gasteiger partial charge in [-0.15, -0.1) is 0 Å². The smallest absolute Gasteiger partial charge is 0.350 e. The van der Waals surface area contributed by atoms with Gasteiger partial charge < -0.3 is 19.5 Å². The first kappa shape index (κ1) is 23.2. The molecule has 1 heterocycles. The van der Waals surface area contributed by atoms with E-state index in [0.29, 0.717) is 23.2 Å². The van der Waals surface area contributed by atoms with E-state index in [1.165, 1.54) is 32.1 Å². The Morgan fingerprint density at radius 1 is 1.09 bits per heavy atom. The van der Waals surface area contributed by atoms with Gasteiger partial charge in [0.15, 0.2) is 11.5 Å². The Balaban J connectivity index is 1.41. The van der Waals surface area contributed by atoms with Gasteiger partial charge in [-0.3, -0.25) is 4.79 Å². The van der Waals surface area contributed by atoms with Gasteiger partial charge >= 0.3 is 5.69 Å². The Morgan fingerprint density at radius 3 is 2.35 bits per heavy atom. The second-order valence-electron chi connectivity index (χ2n) is 7.89. The van der Waals surface area contributed by atoms with E-state index in [0.717, 1.165) is 29.9 Å². The van der Waals surface area contributed by atoms with Crippen molar-refractivity contribution in [2.75, 3.05) is 27.9 Å². The summed E-state index contributed by atoms with van der Waals surface area (Å²) in [5.74, 6) is 2.29. The molecule has 0 radical (unpaired) electrons. The minimum atomic E-state index is -0.285. The van der Waals surface area contributed by atoms with Crippen LogP contribution < -0.4 is 25.2 Å². The molecular formula is C25H28N4O5. The number of ether oxygens (including phenoxy) is 3. The van der Waals surface area contributed by atoms with E-state index in [2.05, 4.69) is 10.4 Å². The summed E-state index contributed by atoms with van der Waals surface area (Å²) in [6, 6.07) is 13.0. The first-order valence-electron chi connectivity index (χ1n) is 11.1. The zero-order chi connectivity index (χ0) is 24.1. The maximum absolute atomic E-state index is 13.0. The van der Waals surface area contributed by atoms with Crippen LogP contribution in [-0.4, -0.2) is 48.1 Å². The van der Waals surface area contributed by atoms with Gasteiger partial charge in [0.1, 0.15) is 5.82 Å². The lowest BCUT2D eigenvalue weighted by Crippen LogP contribution is -2.31. The molecule has 3 aromatic rings. The van der Waals surface area contributed by atoms with E-state index in [1.807, 2.05) is 30.3 Å². The number of aromatic nitrogens is 3. The molecule has 1 aromatic heterocycles. The van der Waals surface area contributed by atoms with Crippen molar-refractivity contribution >= 4 is 12.0 Å². The van der Waals surface area contributed by atoms with Crippen LogP contribution in [0.15, 0.2) is 53.3 Å². The number of para-hydroxylation sites is 1. The van der Waals surface area contributed by atoms with Crippen LogP contribution in [0.5, 0.6) is 17.2 Å². The summed E-state index contributed by atoms with van der Waals surface area (Å²) < 4.78 is 19.1. The van der Waals surface area contributed by atoms with E-state index in [4.69, 9.17) is 14.2 Å². The molecule has 9 nitrogen and oxygen atoms in total. The molecule has 0 unspecified atom stereocenters. The number of hydrogen-bond acceptors (Lipinski definition) is 6. The number of amides is 1. The van der Waals surface area contributed by atoms with Crippen molar-refractivity contribution in [3.8, 4) is 22.9 Å². The lowest BCUT2D eigenvalue weighted by molar-refractivity contribution is -0.116. The number of hydrogen-bond donors (Lipinski definition) is 1. The monoisotopic (exact) mass is 464 g/mol. The van der Waals surface area contributed by atoms with Gasteiger partial charge in [0, 0.05) is 18.5 Å². The molecule has 1 amide bonds. The Bertz CT molecular complexity index is 1220. The summed E-state index contributed by atoms with van der Waals surface area (Å²) in [7, 11) is 4.60. The second-order valence-corrected chi connectivity index (χ2v) is 7.89. The lowest BCUT2D eigenvalue weighted by atomic mass is 10.1. The highest BCUT2D eigenvalue weighted by Gasteiger charge is 2.31. The van der Waals surface area contributed by atoms with Gasteiger partial charge in [-0.2, -0.15) is 5.10 Å². The molecular weight excluding hydrogens is 436 g/mol. The fourth-order valence-corrected chi connectivity index (χ4v) is 3.71. The maximum Gasteiger partial charge on any atom is 0.350 e. The minimum absolute atomic E-state index is 0.199. The summed E-state index contributed by atoms with van der Waals surface area (Å²) in [5, 5.41) is 7.35. The summed E-state index contributed by atoms with van der Waals surface area (Å²) in [4.78, 5) is 25.3. The number of nitrogens with one attached hydrogen (secondary N) is 1. The summed E-state index contributed by atoms with van der Waals surface area (Å²) in [6.07, 6.45) is 5.14. The third-order valence-corrected chi connectivity index (χ3v) is 5.56. The predicted molar refractivity (Wildman–Crippen MR) is 128 cm³/mol. The van der Waals surface area contributed by atoms with Crippen LogP contribution in [0.1, 0.15) is 30.1 Å². The number of carbonyl (C=O) groups is 1. The molecule has 178 valence electrons. The van der Waals surface area contributed by atoms with Crippen molar-refractivity contribution in [2.24, 2.45) is 0 Å². The molecule has 0 spiro atoms. The first-order valence-corrected chi connectivity index (χ1v) is 11.1. The van der Waals surface area contributed by atoms with Crippen LogP contribution in [0.2, 0.25) is 0 Å². The van der Waals surface area contributed by atoms with Crippen molar-refractivity contribution in [2.45, 2.75) is 25.3 Å². The molecule has 0 aliphatic heterocycles. The van der Waals surface area contributed by atoms with Crippen LogP contribution >= 0.6 is 0 Å². The number of rotatable bonds is 10. The Hall–Kier alpha value is -4.01. The Labute approximate surface area is 197 Å². The third kappa shape index (κ3) is 4.98. The van der Waals surface area contributed by atoms with Crippen LogP contribution in [0.25, 0.3) is 11.8 Å². The summed E-state index contributed by atoms with van der Waals surface area (Å²) >= 11 is 0. The van der Waals surface area contributed by atoms with E-state index in [-0.39, 0.29) is 24.7 Å². The molecule has 1 aliphatic rings. The van der Waals surface area contributed by atoms with Crippen molar-refractivity contribution < 1.29 is 19.0 Å². The van der Waals surface area contributed by atoms with Crippen LogP contribution in [-0.2, 0) is 11.3 Å². The fraction of sp³-hybridized carbons (Fsp3) is 0.320. The Morgan fingerprint density at radius 2 is 1.76 bits per heavy atom. The van der Waals surface area contributed by atoms with Crippen molar-refractivity contribution in [3.63, 3.8) is 0 Å². The maximum atomic E-state index is 13.0. The van der Waals surface area contributed by atoms with Gasteiger partial charge in [-0.05, 0) is 48.7 Å². The zero-order valence-electron chi connectivity index (χ0n) is 19.5. The molecule has 0 saturated heterocycles. The summed E-state index contributed by atoms with van der Waals surface area (Å²) in [6.45, 7) is 0.552. The highest BCUT2D eigenvalue weighted by molar-refractivity contribution is 5.91. The molecule has 34 heavy (non-hydrogen) atoms. The third-order valence-electron chi connectivity index (χ3n) is 5.56. The topological polar surface area (TPSA) is 96.6 Å². The predicted octanol–water partition coefficient (Wildman–Crippen LogP) is 2.77. The van der Waals surface area contributed by atoms with E-state index in [9.17, 15) is 9.59 Å².